The Labute approximate surface area is 178 Å². The highest BCUT2D eigenvalue weighted by atomic mass is 35.5. The van der Waals surface area contributed by atoms with Crippen LogP contribution in [0.4, 0.5) is 4.39 Å². The lowest BCUT2D eigenvalue weighted by Crippen LogP contribution is -2.45. The molecule has 0 saturated carbocycles. The summed E-state index contributed by atoms with van der Waals surface area (Å²) in [5.41, 5.74) is 3.32. The lowest BCUT2D eigenvalue weighted by atomic mass is 9.95. The third-order valence-corrected chi connectivity index (χ3v) is 5.43. The number of rotatable bonds is 4. The lowest BCUT2D eigenvalue weighted by molar-refractivity contribution is 0.398. The number of nitrogens with zero attached hydrogens (tertiary/aromatic N) is 3. The molecule has 148 valence electrons. The minimum absolute atomic E-state index is 0.300. The first-order chi connectivity index (χ1) is 14.0. The fourth-order valence-corrected chi connectivity index (χ4v) is 4.00. The van der Waals surface area contributed by atoms with Crippen molar-refractivity contribution in [1.29, 1.82) is 0 Å². The first-order valence-corrected chi connectivity index (χ1v) is 9.91. The quantitative estimate of drug-likeness (QED) is 0.575. The molecular weight excluding hydrogens is 411 g/mol. The number of benzene rings is 2. The number of aromatic nitrogens is 2. The molecule has 5 nitrogen and oxygen atoms in total. The van der Waals surface area contributed by atoms with Gasteiger partial charge in [-0.3, -0.25) is 0 Å². The lowest BCUT2D eigenvalue weighted by Gasteiger charge is -2.36. The fraction of sp³-hybridized carbons (Fsp3) is 0.190. The summed E-state index contributed by atoms with van der Waals surface area (Å²) in [7, 11) is 0. The fourth-order valence-electron chi connectivity index (χ4n) is 3.42. The number of thiocarbonyl (C=S) groups is 1. The van der Waals surface area contributed by atoms with Gasteiger partial charge < -0.3 is 14.7 Å². The molecule has 0 aliphatic carbocycles. The molecule has 0 saturated heterocycles. The summed E-state index contributed by atoms with van der Waals surface area (Å²) in [4.78, 5) is 6.57. The summed E-state index contributed by atoms with van der Waals surface area (Å²) in [6, 6.07) is 13.2. The first kappa shape index (κ1) is 19.5. The second-order valence-electron chi connectivity index (χ2n) is 6.61. The van der Waals surface area contributed by atoms with Gasteiger partial charge in [0, 0.05) is 22.8 Å². The molecule has 0 radical (unpaired) electrons. The van der Waals surface area contributed by atoms with E-state index in [0.717, 1.165) is 22.4 Å². The van der Waals surface area contributed by atoms with E-state index in [2.05, 4.69) is 15.5 Å². The smallest absolute Gasteiger partial charge is 0.258 e. The van der Waals surface area contributed by atoms with Gasteiger partial charge in [-0.05, 0) is 55.9 Å². The highest BCUT2D eigenvalue weighted by molar-refractivity contribution is 7.80. The molecule has 1 aliphatic rings. The zero-order valence-corrected chi connectivity index (χ0v) is 17.4. The van der Waals surface area contributed by atoms with Crippen molar-refractivity contribution in [2.45, 2.75) is 19.9 Å². The van der Waals surface area contributed by atoms with Crippen molar-refractivity contribution in [3.63, 3.8) is 0 Å². The highest BCUT2D eigenvalue weighted by Crippen LogP contribution is 2.37. The van der Waals surface area contributed by atoms with E-state index in [-0.39, 0.29) is 11.9 Å². The predicted molar refractivity (Wildman–Crippen MR) is 115 cm³/mol. The molecule has 0 fully saturated rings. The Balaban J connectivity index is 1.81. The van der Waals surface area contributed by atoms with E-state index in [1.165, 1.54) is 12.1 Å². The van der Waals surface area contributed by atoms with Crippen LogP contribution in [0.25, 0.3) is 17.0 Å². The Kier molecular flexibility index (Phi) is 5.34. The van der Waals surface area contributed by atoms with E-state index in [1.807, 2.05) is 30.9 Å². The van der Waals surface area contributed by atoms with E-state index in [9.17, 15) is 4.39 Å². The summed E-state index contributed by atoms with van der Waals surface area (Å²) in [6.45, 7) is 4.66. The number of hydrogen-bond donors (Lipinski definition) is 1. The molecule has 1 unspecified atom stereocenters. The van der Waals surface area contributed by atoms with Crippen molar-refractivity contribution in [2.75, 3.05) is 6.54 Å². The molecule has 4 rings (SSSR count). The van der Waals surface area contributed by atoms with Crippen molar-refractivity contribution in [3.05, 3.63) is 76.5 Å². The highest BCUT2D eigenvalue weighted by Gasteiger charge is 2.33. The van der Waals surface area contributed by atoms with Crippen LogP contribution in [0.5, 0.6) is 0 Å². The van der Waals surface area contributed by atoms with Gasteiger partial charge in [0.2, 0.25) is 5.82 Å². The molecular formula is C21H18ClFN4OS. The van der Waals surface area contributed by atoms with Gasteiger partial charge in [0.05, 0.1) is 11.6 Å². The maximum absolute atomic E-state index is 13.4. The monoisotopic (exact) mass is 428 g/mol. The van der Waals surface area contributed by atoms with Gasteiger partial charge >= 0.3 is 0 Å². The van der Waals surface area contributed by atoms with Crippen LogP contribution in [0.15, 0.2) is 58.8 Å². The summed E-state index contributed by atoms with van der Waals surface area (Å²) in [6.07, 6.45) is 0. The first-order valence-electron chi connectivity index (χ1n) is 9.12. The predicted octanol–water partition coefficient (Wildman–Crippen LogP) is 5.21. The molecule has 3 aromatic rings. The molecule has 0 bridgehead atoms. The molecule has 29 heavy (non-hydrogen) atoms. The molecule has 8 heteroatoms. The van der Waals surface area contributed by atoms with E-state index in [1.54, 1.807) is 24.3 Å². The van der Waals surface area contributed by atoms with Gasteiger partial charge in [0.25, 0.3) is 5.89 Å². The number of nitrogens with one attached hydrogen (secondary N) is 1. The molecule has 1 aromatic heterocycles. The van der Waals surface area contributed by atoms with Crippen LogP contribution < -0.4 is 5.32 Å². The van der Waals surface area contributed by atoms with Crippen molar-refractivity contribution in [3.8, 4) is 11.4 Å². The van der Waals surface area contributed by atoms with Crippen molar-refractivity contribution >= 4 is 34.5 Å². The Morgan fingerprint density at radius 2 is 2.00 bits per heavy atom. The van der Waals surface area contributed by atoms with E-state index in [4.69, 9.17) is 28.3 Å². The van der Waals surface area contributed by atoms with Crippen LogP contribution in [0.1, 0.15) is 31.3 Å². The Bertz CT molecular complexity index is 1100. The average Bonchev–Trinajstić information content (AvgIpc) is 3.18. The molecule has 1 N–H and O–H groups in total. The third-order valence-electron chi connectivity index (χ3n) is 4.86. The Morgan fingerprint density at radius 1 is 1.24 bits per heavy atom. The Morgan fingerprint density at radius 3 is 2.69 bits per heavy atom. The summed E-state index contributed by atoms with van der Waals surface area (Å²) < 4.78 is 19.1. The number of halogens is 2. The van der Waals surface area contributed by atoms with Gasteiger partial charge in [0.15, 0.2) is 5.11 Å². The average molecular weight is 429 g/mol. The number of hydrogen-bond acceptors (Lipinski definition) is 4. The van der Waals surface area contributed by atoms with Crippen LogP contribution in [0.3, 0.4) is 0 Å². The minimum Gasteiger partial charge on any atom is -0.351 e. The van der Waals surface area contributed by atoms with Crippen LogP contribution in [-0.4, -0.2) is 26.7 Å². The molecule has 2 heterocycles. The van der Waals surface area contributed by atoms with Crippen LogP contribution in [0, 0.1) is 5.82 Å². The van der Waals surface area contributed by atoms with Crippen LogP contribution >= 0.6 is 23.8 Å². The second kappa shape index (κ2) is 7.93. The van der Waals surface area contributed by atoms with Crippen molar-refractivity contribution < 1.29 is 8.91 Å². The van der Waals surface area contributed by atoms with Gasteiger partial charge in [-0.1, -0.05) is 41.0 Å². The SMILES string of the molecule is CCN1C(=S)NC(c2ccc(F)cc2)C(c2nc(-c3cccc(Cl)c3)no2)=C1C. The topological polar surface area (TPSA) is 54.2 Å². The molecule has 1 aliphatic heterocycles. The summed E-state index contributed by atoms with van der Waals surface area (Å²) in [5, 5.41) is 8.64. The summed E-state index contributed by atoms with van der Waals surface area (Å²) >= 11 is 11.6. The maximum atomic E-state index is 13.4. The second-order valence-corrected chi connectivity index (χ2v) is 7.43. The summed E-state index contributed by atoms with van der Waals surface area (Å²) in [5.74, 6) is 0.516. The van der Waals surface area contributed by atoms with E-state index >= 15 is 0 Å². The molecule has 2 aromatic carbocycles. The van der Waals surface area contributed by atoms with Gasteiger partial charge in [0.1, 0.15) is 5.82 Å². The van der Waals surface area contributed by atoms with Crippen LogP contribution in [-0.2, 0) is 0 Å². The van der Waals surface area contributed by atoms with Crippen molar-refractivity contribution in [2.24, 2.45) is 0 Å². The molecule has 1 atom stereocenters. The normalized spacial score (nSPS) is 16.9. The molecule has 0 amide bonds. The van der Waals surface area contributed by atoms with E-state index in [0.29, 0.717) is 28.4 Å². The van der Waals surface area contributed by atoms with Gasteiger partial charge in [-0.2, -0.15) is 4.98 Å². The van der Waals surface area contributed by atoms with E-state index < -0.39 is 0 Å². The zero-order valence-electron chi connectivity index (χ0n) is 15.8. The Hall–Kier alpha value is -2.77. The maximum Gasteiger partial charge on any atom is 0.258 e. The standard InChI is InChI=1S/C21H18ClFN4OS/c1-3-27-12(2)17(18(24-21(27)29)13-7-9-16(23)10-8-13)20-25-19(26-28-20)14-5-4-6-15(22)11-14/h4-11,18H,3H2,1-2H3,(H,24,29). The van der Waals surface area contributed by atoms with Crippen molar-refractivity contribution in [1.82, 2.24) is 20.4 Å². The van der Waals surface area contributed by atoms with Gasteiger partial charge in [-0.15, -0.1) is 0 Å². The largest absolute Gasteiger partial charge is 0.351 e. The van der Waals surface area contributed by atoms with Gasteiger partial charge in [-0.25, -0.2) is 4.39 Å². The minimum atomic E-state index is -0.335. The molecule has 0 spiro atoms. The zero-order chi connectivity index (χ0) is 20.5. The third kappa shape index (κ3) is 3.75. The number of allylic oxidation sites excluding steroid dienone is 1. The van der Waals surface area contributed by atoms with Crippen LogP contribution in [0.2, 0.25) is 5.02 Å².